The molecule has 2 aromatic rings. The highest BCUT2D eigenvalue weighted by atomic mass is 35.5. The molecule has 1 saturated carbocycles. The molecule has 0 unspecified atom stereocenters. The highest BCUT2D eigenvalue weighted by molar-refractivity contribution is 7.99. The summed E-state index contributed by atoms with van der Waals surface area (Å²) in [4.78, 5) is 12.6. The average Bonchev–Trinajstić information content (AvgIpc) is 3.02. The molecule has 1 fully saturated rings. The molecule has 2 aromatic heterocycles. The van der Waals surface area contributed by atoms with Gasteiger partial charge in [0.1, 0.15) is 0 Å². The maximum absolute atomic E-state index is 5.98. The van der Waals surface area contributed by atoms with Crippen LogP contribution in [0.15, 0.2) is 18.5 Å². The number of anilines is 1. The molecule has 0 atom stereocenters. The summed E-state index contributed by atoms with van der Waals surface area (Å²) in [7, 11) is 0. The maximum Gasteiger partial charge on any atom is 0.256 e. The fraction of sp³-hybridized carbons (Fsp3) is 0.538. The fourth-order valence-corrected chi connectivity index (χ4v) is 3.42. The zero-order valence-corrected chi connectivity index (χ0v) is 13.3. The third-order valence-corrected chi connectivity index (χ3v) is 4.95. The first kappa shape index (κ1) is 14.6. The minimum absolute atomic E-state index is 0.177. The number of hydrogen-bond acceptors (Lipinski definition) is 6. The van der Waals surface area contributed by atoms with Crippen LogP contribution in [0.5, 0.6) is 0 Å². The van der Waals surface area contributed by atoms with E-state index in [9.17, 15) is 0 Å². The number of hydrogen-bond donors (Lipinski definition) is 1. The Balaban J connectivity index is 1.71. The molecule has 1 aliphatic carbocycles. The number of nitrogens with one attached hydrogen (secondary N) is 1. The second-order valence-corrected chi connectivity index (χ2v) is 6.51. The van der Waals surface area contributed by atoms with Gasteiger partial charge in [-0.3, -0.25) is 0 Å². The van der Waals surface area contributed by atoms with Crippen LogP contribution in [0.25, 0.3) is 5.95 Å². The van der Waals surface area contributed by atoms with E-state index >= 15 is 0 Å². The van der Waals surface area contributed by atoms with E-state index in [2.05, 4.69) is 31.6 Å². The summed E-state index contributed by atoms with van der Waals surface area (Å²) in [5, 5.41) is 8.44. The van der Waals surface area contributed by atoms with Gasteiger partial charge in [-0.05, 0) is 49.6 Å². The van der Waals surface area contributed by atoms with Crippen LogP contribution in [0.1, 0.15) is 25.7 Å². The second kappa shape index (κ2) is 6.62. The van der Waals surface area contributed by atoms with Crippen molar-refractivity contribution < 1.29 is 0 Å². The fourth-order valence-electron chi connectivity index (χ4n) is 2.52. The van der Waals surface area contributed by atoms with Gasteiger partial charge in [0.25, 0.3) is 5.95 Å². The van der Waals surface area contributed by atoms with E-state index < -0.39 is 0 Å². The van der Waals surface area contributed by atoms with E-state index in [0.717, 1.165) is 18.1 Å². The van der Waals surface area contributed by atoms with Crippen molar-refractivity contribution in [1.29, 1.82) is 0 Å². The largest absolute Gasteiger partial charge is 0.351 e. The van der Waals surface area contributed by atoms with Gasteiger partial charge in [-0.1, -0.05) is 0 Å². The van der Waals surface area contributed by atoms with Crippen molar-refractivity contribution in [2.45, 2.75) is 37.0 Å². The van der Waals surface area contributed by atoms with Crippen LogP contribution in [0.4, 0.5) is 5.95 Å². The molecule has 2 heterocycles. The van der Waals surface area contributed by atoms with Crippen molar-refractivity contribution >= 4 is 29.3 Å². The van der Waals surface area contributed by atoms with Crippen molar-refractivity contribution in [3.05, 3.63) is 23.7 Å². The quantitative estimate of drug-likeness (QED) is 0.932. The Morgan fingerprint density at radius 1 is 1.24 bits per heavy atom. The molecule has 8 heteroatoms. The molecule has 0 spiro atoms. The molecule has 3 rings (SSSR count). The van der Waals surface area contributed by atoms with Gasteiger partial charge in [-0.15, -0.1) is 0 Å². The lowest BCUT2D eigenvalue weighted by molar-refractivity contribution is 0.471. The van der Waals surface area contributed by atoms with Crippen LogP contribution in [-0.4, -0.2) is 42.3 Å². The molecular weight excluding hydrogens is 308 g/mol. The molecule has 0 saturated heterocycles. The Labute approximate surface area is 132 Å². The lowest BCUT2D eigenvalue weighted by Crippen LogP contribution is -2.28. The predicted molar refractivity (Wildman–Crippen MR) is 85.1 cm³/mol. The number of nitrogens with zero attached hydrogens (tertiary/aromatic N) is 5. The first-order chi connectivity index (χ1) is 10.2. The molecule has 0 bridgehead atoms. The Morgan fingerprint density at radius 3 is 2.71 bits per heavy atom. The highest BCUT2D eigenvalue weighted by Gasteiger charge is 2.21. The van der Waals surface area contributed by atoms with Crippen LogP contribution >= 0.6 is 23.4 Å². The van der Waals surface area contributed by atoms with E-state index in [0.29, 0.717) is 17.9 Å². The van der Waals surface area contributed by atoms with Crippen molar-refractivity contribution in [1.82, 2.24) is 24.7 Å². The summed E-state index contributed by atoms with van der Waals surface area (Å²) in [5.41, 5.74) is 0. The van der Waals surface area contributed by atoms with Gasteiger partial charge in [0.15, 0.2) is 0 Å². The monoisotopic (exact) mass is 324 g/mol. The first-order valence-corrected chi connectivity index (χ1v) is 8.62. The Kier molecular flexibility index (Phi) is 4.60. The molecule has 0 amide bonds. The van der Waals surface area contributed by atoms with Crippen molar-refractivity contribution in [2.24, 2.45) is 0 Å². The van der Waals surface area contributed by atoms with Gasteiger partial charge in [-0.2, -0.15) is 31.8 Å². The van der Waals surface area contributed by atoms with Crippen molar-refractivity contribution in [3.8, 4) is 5.95 Å². The van der Waals surface area contributed by atoms with Gasteiger partial charge in [0.05, 0.1) is 0 Å². The summed E-state index contributed by atoms with van der Waals surface area (Å²) in [6.45, 7) is 0. The Bertz CT molecular complexity index is 582. The number of halogens is 1. The smallest absolute Gasteiger partial charge is 0.256 e. The highest BCUT2D eigenvalue weighted by Crippen LogP contribution is 2.28. The van der Waals surface area contributed by atoms with Gasteiger partial charge < -0.3 is 5.32 Å². The van der Waals surface area contributed by atoms with Crippen LogP contribution in [0.2, 0.25) is 5.28 Å². The lowest BCUT2D eigenvalue weighted by Gasteiger charge is -2.27. The normalized spacial score (nSPS) is 22.2. The van der Waals surface area contributed by atoms with E-state index in [1.807, 2.05) is 17.8 Å². The molecule has 0 aromatic carbocycles. The van der Waals surface area contributed by atoms with E-state index in [-0.39, 0.29) is 5.28 Å². The summed E-state index contributed by atoms with van der Waals surface area (Å²) < 4.78 is 1.57. The minimum Gasteiger partial charge on any atom is -0.351 e. The zero-order valence-electron chi connectivity index (χ0n) is 11.7. The number of thioether (sulfide) groups is 1. The zero-order chi connectivity index (χ0) is 14.7. The van der Waals surface area contributed by atoms with Crippen molar-refractivity contribution in [3.63, 3.8) is 0 Å². The molecule has 112 valence electrons. The van der Waals surface area contributed by atoms with Crippen LogP contribution in [-0.2, 0) is 0 Å². The standard InChI is InChI=1S/C13H17ClN6S/c1-21-10-5-3-9(4-6-10)16-12-17-11(14)18-13(19-12)20-8-2-7-15-20/h2,7-10H,3-6H2,1H3,(H,16,17,18,19). The lowest BCUT2D eigenvalue weighted by atomic mass is 9.95. The third kappa shape index (κ3) is 3.65. The maximum atomic E-state index is 5.98. The van der Waals surface area contributed by atoms with Crippen molar-refractivity contribution in [2.75, 3.05) is 11.6 Å². The Hall–Kier alpha value is -1.34. The summed E-state index contributed by atoms with van der Waals surface area (Å²) in [6, 6.07) is 2.21. The van der Waals surface area contributed by atoms with E-state index in [1.54, 1.807) is 17.1 Å². The van der Waals surface area contributed by atoms with Gasteiger partial charge in [-0.25, -0.2) is 4.68 Å². The molecule has 1 N–H and O–H groups in total. The summed E-state index contributed by atoms with van der Waals surface area (Å²) in [5.74, 6) is 0.952. The number of aromatic nitrogens is 5. The topological polar surface area (TPSA) is 68.5 Å². The molecule has 6 nitrogen and oxygen atoms in total. The SMILES string of the molecule is CSC1CCC(Nc2nc(Cl)nc(-n3cccn3)n2)CC1. The summed E-state index contributed by atoms with van der Waals surface area (Å²) in [6.07, 6.45) is 10.3. The van der Waals surface area contributed by atoms with Crippen LogP contribution in [0, 0.1) is 0 Å². The third-order valence-electron chi connectivity index (χ3n) is 3.65. The van der Waals surface area contributed by atoms with E-state index in [1.165, 1.54) is 12.8 Å². The summed E-state index contributed by atoms with van der Waals surface area (Å²) >= 11 is 7.94. The predicted octanol–water partition coefficient (Wildman–Crippen LogP) is 2.80. The van der Waals surface area contributed by atoms with Crippen LogP contribution < -0.4 is 5.32 Å². The molecule has 0 aliphatic heterocycles. The Morgan fingerprint density at radius 2 is 2.05 bits per heavy atom. The molecule has 0 radical (unpaired) electrons. The first-order valence-electron chi connectivity index (χ1n) is 6.95. The van der Waals surface area contributed by atoms with E-state index in [4.69, 9.17) is 11.6 Å². The second-order valence-electron chi connectivity index (χ2n) is 5.03. The average molecular weight is 325 g/mol. The van der Waals surface area contributed by atoms with Gasteiger partial charge >= 0.3 is 0 Å². The van der Waals surface area contributed by atoms with Gasteiger partial charge in [0, 0.05) is 23.7 Å². The van der Waals surface area contributed by atoms with Crippen LogP contribution in [0.3, 0.4) is 0 Å². The van der Waals surface area contributed by atoms with Gasteiger partial charge in [0.2, 0.25) is 11.2 Å². The molecule has 1 aliphatic rings. The number of rotatable bonds is 4. The molecular formula is C13H17ClN6S. The molecule has 21 heavy (non-hydrogen) atoms. The minimum atomic E-state index is 0.177.